The molecule has 104 valence electrons. The lowest BCUT2D eigenvalue weighted by Gasteiger charge is -2.31. The van der Waals surface area contributed by atoms with Gasteiger partial charge in [0.05, 0.1) is 0 Å². The van der Waals surface area contributed by atoms with Crippen LogP contribution in [0.15, 0.2) is 5.11 Å². The van der Waals surface area contributed by atoms with Crippen molar-refractivity contribution < 1.29 is 8.85 Å². The van der Waals surface area contributed by atoms with Gasteiger partial charge >= 0.3 is 0 Å². The van der Waals surface area contributed by atoms with E-state index in [0.717, 1.165) is 12.5 Å². The Labute approximate surface area is 115 Å². The van der Waals surface area contributed by atoms with E-state index in [1.807, 2.05) is 0 Å². The van der Waals surface area contributed by atoms with Gasteiger partial charge in [-0.3, -0.25) is 0 Å². The summed E-state index contributed by atoms with van der Waals surface area (Å²) in [6, 6.07) is 0.999. The van der Waals surface area contributed by atoms with Crippen LogP contribution in [0.4, 0.5) is 0 Å². The lowest BCUT2D eigenvalue weighted by Crippen LogP contribution is -2.42. The van der Waals surface area contributed by atoms with E-state index in [0.29, 0.717) is 16.1 Å². The average Bonchev–Trinajstić information content (AvgIpc) is 2.12. The van der Waals surface area contributed by atoms with Crippen LogP contribution in [0, 0.1) is 0 Å². The molecular formula is C10H25N3O2Si3. The van der Waals surface area contributed by atoms with Crippen LogP contribution in [-0.4, -0.2) is 38.6 Å². The number of nitrogens with zero attached hydrogens (tertiary/aromatic N) is 3. The van der Waals surface area contributed by atoms with Crippen LogP contribution in [0.2, 0.25) is 45.3 Å². The normalized spacial score (nSPS) is 12.6. The Bertz CT molecular complexity index is 267. The first-order chi connectivity index (χ1) is 8.14. The molecule has 0 aliphatic rings. The molecule has 0 heterocycles. The molecular weight excluding hydrogens is 278 g/mol. The van der Waals surface area contributed by atoms with E-state index in [9.17, 15) is 0 Å². The minimum atomic E-state index is -1.57. The van der Waals surface area contributed by atoms with Crippen molar-refractivity contribution in [2.24, 2.45) is 5.11 Å². The summed E-state index contributed by atoms with van der Waals surface area (Å²) in [5.41, 5.74) is 8.20. The van der Waals surface area contributed by atoms with Crippen molar-refractivity contribution in [1.29, 1.82) is 0 Å². The molecule has 0 aromatic carbocycles. The van der Waals surface area contributed by atoms with Gasteiger partial charge in [0.1, 0.15) is 15.4 Å². The Morgan fingerprint density at radius 3 is 2.00 bits per heavy atom. The summed E-state index contributed by atoms with van der Waals surface area (Å²) in [5, 5.41) is 3.54. The van der Waals surface area contributed by atoms with E-state index < -0.39 is 16.6 Å². The van der Waals surface area contributed by atoms with Crippen LogP contribution in [0.1, 0.15) is 6.42 Å². The monoisotopic (exact) mass is 303 g/mol. The topological polar surface area (TPSA) is 67.2 Å². The standard InChI is InChI=1S/C10H25N3O2Si3/c1-17(2,3)14-10(15-18(4,5)6)16-9-7-8-12-13-11/h10H,7-9H2,1-6H3. The third kappa shape index (κ3) is 12.3. The highest BCUT2D eigenvalue weighted by Gasteiger charge is 2.26. The number of rotatable bonds is 9. The zero-order chi connectivity index (χ0) is 14.2. The van der Waals surface area contributed by atoms with Gasteiger partial charge in [0.2, 0.25) is 0 Å². The molecule has 0 aliphatic carbocycles. The summed E-state index contributed by atoms with van der Waals surface area (Å²) in [4.78, 5) is 2.75. The summed E-state index contributed by atoms with van der Waals surface area (Å²) in [6.07, 6.45) is 0.906. The van der Waals surface area contributed by atoms with Crippen LogP contribution in [0.5, 0.6) is 0 Å². The fourth-order valence-electron chi connectivity index (χ4n) is 1.16. The molecule has 0 N–H and O–H groups in total. The van der Waals surface area contributed by atoms with Gasteiger partial charge in [-0.2, -0.15) is 0 Å². The highest BCUT2D eigenvalue weighted by Crippen LogP contribution is 2.14. The Balaban J connectivity index is 4.17. The molecule has 2 radical (unpaired) electrons. The second-order valence-electron chi connectivity index (χ2n) is 6.05. The molecule has 0 saturated heterocycles. The van der Waals surface area contributed by atoms with Crippen molar-refractivity contribution in [3.8, 4) is 0 Å². The van der Waals surface area contributed by atoms with Gasteiger partial charge in [0.15, 0.2) is 16.6 Å². The lowest BCUT2D eigenvalue weighted by molar-refractivity contribution is 0.0605. The van der Waals surface area contributed by atoms with Gasteiger partial charge in [-0.25, -0.2) is 0 Å². The van der Waals surface area contributed by atoms with Crippen molar-refractivity contribution in [1.82, 2.24) is 0 Å². The molecule has 5 nitrogen and oxygen atoms in total. The molecule has 0 rings (SSSR count). The lowest BCUT2D eigenvalue weighted by atomic mass is 10.5. The molecule has 0 aromatic heterocycles. The summed E-state index contributed by atoms with van der Waals surface area (Å²) in [7, 11) is -2.52. The predicted octanol–water partition coefficient (Wildman–Crippen LogP) is 3.80. The van der Waals surface area contributed by atoms with Crippen LogP contribution in [0.25, 0.3) is 10.4 Å². The SMILES string of the molecule is C[Si](C)(C)OC(O[Si](C)(C)C)[Si]CCCN=[N+]=[N-]. The van der Waals surface area contributed by atoms with Gasteiger partial charge in [0, 0.05) is 11.5 Å². The first kappa shape index (κ1) is 17.9. The van der Waals surface area contributed by atoms with Crippen molar-refractivity contribution in [3.05, 3.63) is 10.4 Å². The van der Waals surface area contributed by atoms with E-state index in [2.05, 4.69) is 49.3 Å². The van der Waals surface area contributed by atoms with E-state index in [4.69, 9.17) is 14.4 Å². The number of hydrogen-bond acceptors (Lipinski definition) is 3. The van der Waals surface area contributed by atoms with E-state index in [1.54, 1.807) is 0 Å². The Morgan fingerprint density at radius 2 is 1.61 bits per heavy atom. The van der Waals surface area contributed by atoms with Crippen LogP contribution in [0.3, 0.4) is 0 Å². The highest BCUT2D eigenvalue weighted by atomic mass is 28.4. The summed E-state index contributed by atoms with van der Waals surface area (Å²) < 4.78 is 12.2. The maximum absolute atomic E-state index is 8.20. The van der Waals surface area contributed by atoms with Crippen molar-refractivity contribution >= 4 is 26.2 Å². The average molecular weight is 304 g/mol. The van der Waals surface area contributed by atoms with Crippen LogP contribution >= 0.6 is 0 Å². The van der Waals surface area contributed by atoms with E-state index in [-0.39, 0.29) is 5.91 Å². The minimum Gasteiger partial charge on any atom is -0.397 e. The molecule has 0 aliphatic heterocycles. The Hall–Kier alpha value is -0.119. The summed E-state index contributed by atoms with van der Waals surface area (Å²) >= 11 is 0. The summed E-state index contributed by atoms with van der Waals surface area (Å²) in [5.74, 6) is -0.0607. The largest absolute Gasteiger partial charge is 0.397 e. The first-order valence-corrected chi connectivity index (χ1v) is 14.3. The number of azide groups is 1. The molecule has 18 heavy (non-hydrogen) atoms. The molecule has 0 bridgehead atoms. The molecule has 0 spiro atoms. The zero-order valence-corrected chi connectivity index (χ0v) is 15.4. The quantitative estimate of drug-likeness (QED) is 0.162. The van der Waals surface area contributed by atoms with Gasteiger partial charge in [0.25, 0.3) is 0 Å². The first-order valence-electron chi connectivity index (χ1n) is 6.24. The molecule has 0 atom stereocenters. The highest BCUT2D eigenvalue weighted by molar-refractivity contribution is 6.71. The second kappa shape index (κ2) is 8.13. The van der Waals surface area contributed by atoms with Crippen molar-refractivity contribution in [3.63, 3.8) is 0 Å². The molecule has 0 fully saturated rings. The smallest absolute Gasteiger partial charge is 0.186 e. The van der Waals surface area contributed by atoms with E-state index >= 15 is 0 Å². The maximum Gasteiger partial charge on any atom is 0.186 e. The van der Waals surface area contributed by atoms with Gasteiger partial charge in [-0.15, -0.1) is 0 Å². The van der Waals surface area contributed by atoms with Gasteiger partial charge < -0.3 is 8.85 Å². The minimum absolute atomic E-state index is 0.0607. The molecule has 0 amide bonds. The Kier molecular flexibility index (Phi) is 8.08. The number of hydrogen-bond donors (Lipinski definition) is 0. The van der Waals surface area contributed by atoms with E-state index in [1.165, 1.54) is 0 Å². The third-order valence-corrected chi connectivity index (χ3v) is 5.26. The fourth-order valence-corrected chi connectivity index (χ4v) is 6.03. The summed E-state index contributed by atoms with van der Waals surface area (Å²) in [6.45, 7) is 13.6. The Morgan fingerprint density at radius 1 is 1.11 bits per heavy atom. The van der Waals surface area contributed by atoms with Crippen LogP contribution in [-0.2, 0) is 8.85 Å². The maximum atomic E-state index is 8.20. The molecule has 0 unspecified atom stereocenters. The molecule has 0 aromatic rings. The molecule has 0 saturated carbocycles. The third-order valence-electron chi connectivity index (χ3n) is 1.73. The van der Waals surface area contributed by atoms with Gasteiger partial charge in [-0.1, -0.05) is 17.6 Å². The van der Waals surface area contributed by atoms with Crippen molar-refractivity contribution in [2.75, 3.05) is 6.54 Å². The van der Waals surface area contributed by atoms with Gasteiger partial charge in [-0.05, 0) is 44.8 Å². The predicted molar refractivity (Wildman–Crippen MR) is 81.8 cm³/mol. The molecule has 8 heteroatoms. The van der Waals surface area contributed by atoms with Crippen LogP contribution < -0.4 is 0 Å². The zero-order valence-electron chi connectivity index (χ0n) is 12.4. The second-order valence-corrected chi connectivity index (χ2v) is 16.4. The van der Waals surface area contributed by atoms with Crippen molar-refractivity contribution in [2.45, 2.75) is 57.7 Å². The fraction of sp³-hybridized carbons (Fsp3) is 1.00.